The number of sulfonamides is 1. The standard InChI is InChI=1S/C18H28N2O4S/c1-5-18(2,3)19-17(21)14-10-12-20(13-11-14)25(22,23)16-8-6-15(24-4)7-9-16/h6-9,14H,5,10-13H2,1-4H3,(H,19,21). The topological polar surface area (TPSA) is 75.7 Å². The van der Waals surface area contributed by atoms with E-state index in [0.29, 0.717) is 31.7 Å². The number of nitrogens with one attached hydrogen (secondary N) is 1. The van der Waals surface area contributed by atoms with Gasteiger partial charge in [-0.25, -0.2) is 8.42 Å². The number of carbonyl (C=O) groups is 1. The first-order valence-corrected chi connectivity index (χ1v) is 10.1. The van der Waals surface area contributed by atoms with Crippen molar-refractivity contribution < 1.29 is 17.9 Å². The molecule has 1 fully saturated rings. The summed E-state index contributed by atoms with van der Waals surface area (Å²) in [5.41, 5.74) is -0.233. The fourth-order valence-electron chi connectivity index (χ4n) is 2.78. The number of hydrogen-bond acceptors (Lipinski definition) is 4. The maximum absolute atomic E-state index is 12.7. The molecule has 6 nitrogen and oxygen atoms in total. The van der Waals surface area contributed by atoms with Crippen LogP contribution in [0, 0.1) is 5.92 Å². The molecule has 1 amide bonds. The first-order chi connectivity index (χ1) is 11.7. The van der Waals surface area contributed by atoms with Crippen molar-refractivity contribution in [3.63, 3.8) is 0 Å². The van der Waals surface area contributed by atoms with Crippen molar-refractivity contribution >= 4 is 15.9 Å². The van der Waals surface area contributed by atoms with E-state index in [9.17, 15) is 13.2 Å². The summed E-state index contributed by atoms with van der Waals surface area (Å²) in [6.07, 6.45) is 1.94. The number of carbonyl (C=O) groups excluding carboxylic acids is 1. The Hall–Kier alpha value is -1.60. The number of ether oxygens (including phenoxy) is 1. The molecule has 1 saturated heterocycles. The molecule has 140 valence electrons. The number of nitrogens with zero attached hydrogens (tertiary/aromatic N) is 1. The smallest absolute Gasteiger partial charge is 0.243 e. The van der Waals surface area contributed by atoms with E-state index in [4.69, 9.17) is 4.74 Å². The molecule has 0 unspecified atom stereocenters. The molecule has 0 bridgehead atoms. The minimum atomic E-state index is -3.53. The summed E-state index contributed by atoms with van der Waals surface area (Å²) in [7, 11) is -1.99. The van der Waals surface area contributed by atoms with E-state index >= 15 is 0 Å². The molecule has 25 heavy (non-hydrogen) atoms. The van der Waals surface area contributed by atoms with E-state index in [1.807, 2.05) is 20.8 Å². The number of amides is 1. The van der Waals surface area contributed by atoms with Crippen LogP contribution in [0.2, 0.25) is 0 Å². The Bertz CT molecular complexity index is 690. The van der Waals surface area contributed by atoms with Crippen molar-refractivity contribution in [2.24, 2.45) is 5.92 Å². The molecule has 1 aliphatic rings. The maximum atomic E-state index is 12.7. The normalized spacial score (nSPS) is 17.3. The molecule has 0 aromatic heterocycles. The molecule has 0 saturated carbocycles. The Labute approximate surface area is 150 Å². The Morgan fingerprint density at radius 3 is 2.28 bits per heavy atom. The van der Waals surface area contributed by atoms with Gasteiger partial charge in [0.25, 0.3) is 0 Å². The zero-order valence-electron chi connectivity index (χ0n) is 15.4. The van der Waals surface area contributed by atoms with Gasteiger partial charge in [-0.3, -0.25) is 4.79 Å². The Morgan fingerprint density at radius 2 is 1.80 bits per heavy atom. The maximum Gasteiger partial charge on any atom is 0.243 e. The summed E-state index contributed by atoms with van der Waals surface area (Å²) in [5.74, 6) is 0.509. The van der Waals surface area contributed by atoms with Gasteiger partial charge in [-0.2, -0.15) is 4.31 Å². The van der Waals surface area contributed by atoms with Crippen LogP contribution in [0.15, 0.2) is 29.2 Å². The second kappa shape index (κ2) is 7.74. The lowest BCUT2D eigenvalue weighted by molar-refractivity contribution is -0.127. The van der Waals surface area contributed by atoms with Gasteiger partial charge in [0.05, 0.1) is 12.0 Å². The summed E-state index contributed by atoms with van der Waals surface area (Å²) >= 11 is 0. The van der Waals surface area contributed by atoms with E-state index in [-0.39, 0.29) is 22.3 Å². The molecule has 2 rings (SSSR count). The van der Waals surface area contributed by atoms with Gasteiger partial charge >= 0.3 is 0 Å². The van der Waals surface area contributed by atoms with Gasteiger partial charge in [0.1, 0.15) is 5.75 Å². The van der Waals surface area contributed by atoms with Crippen molar-refractivity contribution in [3.8, 4) is 5.75 Å². The predicted octanol–water partition coefficient (Wildman–Crippen LogP) is 2.40. The van der Waals surface area contributed by atoms with Crippen molar-refractivity contribution in [2.45, 2.75) is 50.5 Å². The molecule has 7 heteroatoms. The highest BCUT2D eigenvalue weighted by Gasteiger charge is 2.33. The van der Waals surface area contributed by atoms with Crippen molar-refractivity contribution in [2.75, 3.05) is 20.2 Å². The second-order valence-electron chi connectivity index (χ2n) is 7.08. The first kappa shape index (κ1) is 19.7. The average molecular weight is 368 g/mol. The average Bonchev–Trinajstić information content (AvgIpc) is 2.61. The minimum Gasteiger partial charge on any atom is -0.497 e. The molecule has 1 aromatic carbocycles. The third-order valence-corrected chi connectivity index (χ3v) is 6.78. The summed E-state index contributed by atoms with van der Waals surface area (Å²) in [6, 6.07) is 6.38. The van der Waals surface area contributed by atoms with Crippen molar-refractivity contribution in [1.29, 1.82) is 0 Å². The SMILES string of the molecule is CCC(C)(C)NC(=O)C1CCN(S(=O)(=O)c2ccc(OC)cc2)CC1. The van der Waals surface area contributed by atoms with Crippen LogP contribution in [0.3, 0.4) is 0 Å². The number of piperidine rings is 1. The lowest BCUT2D eigenvalue weighted by Gasteiger charge is -2.33. The monoisotopic (exact) mass is 368 g/mol. The highest BCUT2D eigenvalue weighted by molar-refractivity contribution is 7.89. The van der Waals surface area contributed by atoms with Gasteiger partial charge in [0, 0.05) is 24.5 Å². The highest BCUT2D eigenvalue weighted by Crippen LogP contribution is 2.25. The first-order valence-electron chi connectivity index (χ1n) is 8.66. The molecule has 1 N–H and O–H groups in total. The van der Waals surface area contributed by atoms with Crippen LogP contribution >= 0.6 is 0 Å². The van der Waals surface area contributed by atoms with Crippen molar-refractivity contribution in [3.05, 3.63) is 24.3 Å². The summed E-state index contributed by atoms with van der Waals surface area (Å²) in [4.78, 5) is 12.6. The zero-order chi connectivity index (χ0) is 18.7. The summed E-state index contributed by atoms with van der Waals surface area (Å²) in [6.45, 7) is 6.74. The summed E-state index contributed by atoms with van der Waals surface area (Å²) < 4.78 is 32.0. The number of rotatable bonds is 6. The van der Waals surface area contributed by atoms with Gasteiger partial charge in [-0.05, 0) is 57.4 Å². The second-order valence-corrected chi connectivity index (χ2v) is 9.02. The van der Waals surface area contributed by atoms with Gasteiger partial charge in [-0.15, -0.1) is 0 Å². The molecule has 1 heterocycles. The van der Waals surface area contributed by atoms with Crippen LogP contribution in [-0.2, 0) is 14.8 Å². The van der Waals surface area contributed by atoms with E-state index in [2.05, 4.69) is 5.32 Å². The van der Waals surface area contributed by atoms with E-state index in [1.165, 1.54) is 4.31 Å². The predicted molar refractivity (Wildman–Crippen MR) is 97.0 cm³/mol. The van der Waals surface area contributed by atoms with Gasteiger partial charge in [0.15, 0.2) is 0 Å². The summed E-state index contributed by atoms with van der Waals surface area (Å²) in [5, 5.41) is 3.05. The molecular formula is C18H28N2O4S. The minimum absolute atomic E-state index is 0.0216. The molecule has 1 aromatic rings. The third kappa shape index (κ3) is 4.73. The zero-order valence-corrected chi connectivity index (χ0v) is 16.2. The Balaban J connectivity index is 1.99. The molecule has 0 spiro atoms. The van der Waals surface area contributed by atoms with Gasteiger partial charge < -0.3 is 10.1 Å². The third-order valence-electron chi connectivity index (χ3n) is 4.87. The highest BCUT2D eigenvalue weighted by atomic mass is 32.2. The quantitative estimate of drug-likeness (QED) is 0.837. The van der Waals surface area contributed by atoms with Crippen LogP contribution in [0.5, 0.6) is 5.75 Å². The molecule has 0 aliphatic carbocycles. The van der Waals surface area contributed by atoms with Gasteiger partial charge in [0.2, 0.25) is 15.9 Å². The molecule has 1 aliphatic heterocycles. The number of hydrogen-bond donors (Lipinski definition) is 1. The Morgan fingerprint density at radius 1 is 1.24 bits per heavy atom. The molecule has 0 radical (unpaired) electrons. The van der Waals surface area contributed by atoms with Crippen LogP contribution in [0.1, 0.15) is 40.0 Å². The lowest BCUT2D eigenvalue weighted by Crippen LogP contribution is -2.48. The molecule has 0 atom stereocenters. The number of methoxy groups -OCH3 is 1. The van der Waals surface area contributed by atoms with Crippen LogP contribution in [-0.4, -0.2) is 44.4 Å². The van der Waals surface area contributed by atoms with Gasteiger partial charge in [-0.1, -0.05) is 6.92 Å². The van der Waals surface area contributed by atoms with E-state index in [1.54, 1.807) is 31.4 Å². The van der Waals surface area contributed by atoms with E-state index < -0.39 is 10.0 Å². The lowest BCUT2D eigenvalue weighted by atomic mass is 9.94. The molecular weight excluding hydrogens is 340 g/mol. The number of benzene rings is 1. The van der Waals surface area contributed by atoms with E-state index in [0.717, 1.165) is 6.42 Å². The van der Waals surface area contributed by atoms with Crippen molar-refractivity contribution in [1.82, 2.24) is 9.62 Å². The van der Waals surface area contributed by atoms with Crippen LogP contribution in [0.4, 0.5) is 0 Å². The van der Waals surface area contributed by atoms with Crippen LogP contribution in [0.25, 0.3) is 0 Å². The fourth-order valence-corrected chi connectivity index (χ4v) is 4.25. The van der Waals surface area contributed by atoms with Crippen LogP contribution < -0.4 is 10.1 Å². The fraction of sp³-hybridized carbons (Fsp3) is 0.611. The largest absolute Gasteiger partial charge is 0.497 e. The Kier molecular flexibility index (Phi) is 6.11.